The molecule has 0 amide bonds. The summed E-state index contributed by atoms with van der Waals surface area (Å²) in [6.07, 6.45) is -0.780. The van der Waals surface area contributed by atoms with E-state index >= 15 is 0 Å². The van der Waals surface area contributed by atoms with Gasteiger partial charge in [0.25, 0.3) is 0 Å². The Balaban J connectivity index is 1.31. The lowest BCUT2D eigenvalue weighted by Crippen LogP contribution is -2.58. The summed E-state index contributed by atoms with van der Waals surface area (Å²) in [5, 5.41) is 5.00. The van der Waals surface area contributed by atoms with E-state index in [-0.39, 0.29) is 10.3 Å². The molecule has 0 unspecified atom stereocenters. The fraction of sp³-hybridized carbons (Fsp3) is 0.550. The lowest BCUT2D eigenvalue weighted by Gasteiger charge is -2.50. The number of aromatic nitrogens is 4. The van der Waals surface area contributed by atoms with Crippen molar-refractivity contribution < 1.29 is 13.2 Å². The van der Waals surface area contributed by atoms with E-state index in [0.717, 1.165) is 55.1 Å². The summed E-state index contributed by atoms with van der Waals surface area (Å²) in [6.45, 7) is 5.96. The van der Waals surface area contributed by atoms with E-state index in [2.05, 4.69) is 37.9 Å². The Morgan fingerprint density at radius 1 is 1.23 bits per heavy atom. The summed E-state index contributed by atoms with van der Waals surface area (Å²) in [5.74, 6) is 0.764. The highest BCUT2D eigenvalue weighted by Gasteiger charge is 2.49. The minimum atomic E-state index is -4.22. The Labute approximate surface area is 176 Å². The van der Waals surface area contributed by atoms with Gasteiger partial charge in [-0.3, -0.25) is 9.58 Å². The van der Waals surface area contributed by atoms with Crippen molar-refractivity contribution in [3.05, 3.63) is 35.2 Å². The van der Waals surface area contributed by atoms with Gasteiger partial charge in [-0.15, -0.1) is 11.3 Å². The maximum Gasteiger partial charge on any atom is 0.393 e. The Hall–Kier alpha value is -2.20. The molecule has 3 aromatic rings. The second kappa shape index (κ2) is 6.91. The molecule has 10 heteroatoms. The topological polar surface area (TPSA) is 50.1 Å². The number of halogens is 3. The van der Waals surface area contributed by atoms with Crippen LogP contribution >= 0.6 is 11.3 Å². The third-order valence-electron chi connectivity index (χ3n) is 6.38. The Bertz CT molecular complexity index is 1070. The van der Waals surface area contributed by atoms with Crippen LogP contribution in [-0.2, 0) is 13.5 Å². The van der Waals surface area contributed by atoms with Gasteiger partial charge in [0.1, 0.15) is 17.0 Å². The molecule has 2 fully saturated rings. The highest BCUT2D eigenvalue weighted by molar-refractivity contribution is 7.18. The van der Waals surface area contributed by atoms with Crippen molar-refractivity contribution >= 4 is 27.4 Å². The molecule has 160 valence electrons. The number of hydrogen-bond donors (Lipinski definition) is 0. The largest absolute Gasteiger partial charge is 0.393 e. The second-order valence-corrected chi connectivity index (χ2v) is 9.67. The first-order valence-electron chi connectivity index (χ1n) is 10.0. The van der Waals surface area contributed by atoms with E-state index < -0.39 is 12.6 Å². The summed E-state index contributed by atoms with van der Waals surface area (Å²) in [6, 6.07) is 3.99. The van der Waals surface area contributed by atoms with Gasteiger partial charge in [-0.2, -0.15) is 18.3 Å². The van der Waals surface area contributed by atoms with Gasteiger partial charge >= 0.3 is 6.18 Å². The number of fused-ring (bicyclic) bond motifs is 1. The summed E-state index contributed by atoms with van der Waals surface area (Å²) in [4.78, 5) is 14.2. The van der Waals surface area contributed by atoms with E-state index in [1.54, 1.807) is 6.07 Å². The zero-order valence-corrected chi connectivity index (χ0v) is 17.7. The lowest BCUT2D eigenvalue weighted by atomic mass is 9.78. The van der Waals surface area contributed by atoms with E-state index in [1.165, 1.54) is 12.0 Å². The van der Waals surface area contributed by atoms with Crippen LogP contribution in [0, 0.1) is 5.41 Å². The van der Waals surface area contributed by atoms with Crippen LogP contribution < -0.4 is 4.90 Å². The molecular formula is C20H23F3N6S. The molecule has 0 saturated carbocycles. The molecule has 3 aromatic heterocycles. The third kappa shape index (κ3) is 3.45. The third-order valence-corrected chi connectivity index (χ3v) is 7.43. The van der Waals surface area contributed by atoms with Crippen molar-refractivity contribution in [2.75, 3.05) is 31.1 Å². The van der Waals surface area contributed by atoms with E-state index in [9.17, 15) is 13.2 Å². The van der Waals surface area contributed by atoms with Gasteiger partial charge in [0, 0.05) is 55.8 Å². The molecule has 0 bridgehead atoms. The average molecular weight is 437 g/mol. The average Bonchev–Trinajstić information content (AvgIpc) is 3.35. The normalized spacial score (nSPS) is 20.2. The fourth-order valence-electron chi connectivity index (χ4n) is 4.87. The molecule has 2 aliphatic heterocycles. The second-order valence-electron chi connectivity index (χ2n) is 8.55. The minimum Gasteiger partial charge on any atom is -0.355 e. The molecular weight excluding hydrogens is 413 g/mol. The summed E-state index contributed by atoms with van der Waals surface area (Å²) in [7, 11) is 1.97. The predicted octanol–water partition coefficient (Wildman–Crippen LogP) is 3.80. The van der Waals surface area contributed by atoms with Gasteiger partial charge in [-0.1, -0.05) is 0 Å². The standard InChI is InChI=1S/C20H23F3N6S/c1-13(16-3-5-26-27(16)2)29-10-19(11-29)4-6-28(9-19)17-15-7-14(8-20(21,22)23)30-18(15)25-12-24-17/h3,5,7,12-13H,4,6,8-11H2,1-2H3/t13-/m1/s1. The molecule has 0 N–H and O–H groups in total. The number of hydrogen-bond acceptors (Lipinski definition) is 6. The van der Waals surface area contributed by atoms with Crippen molar-refractivity contribution in [2.45, 2.75) is 32.0 Å². The molecule has 0 aromatic carbocycles. The van der Waals surface area contributed by atoms with E-state index in [4.69, 9.17) is 0 Å². The molecule has 1 atom stereocenters. The molecule has 6 nitrogen and oxygen atoms in total. The molecule has 2 saturated heterocycles. The number of nitrogens with zero attached hydrogens (tertiary/aromatic N) is 6. The number of aryl methyl sites for hydroxylation is 1. The van der Waals surface area contributed by atoms with Gasteiger partial charge in [-0.05, 0) is 25.5 Å². The zero-order chi connectivity index (χ0) is 21.1. The Morgan fingerprint density at radius 3 is 2.73 bits per heavy atom. The van der Waals surface area contributed by atoms with Gasteiger partial charge in [0.05, 0.1) is 17.5 Å². The molecule has 5 rings (SSSR count). The van der Waals surface area contributed by atoms with Crippen LogP contribution in [0.25, 0.3) is 10.2 Å². The van der Waals surface area contributed by atoms with Crippen molar-refractivity contribution in [1.82, 2.24) is 24.6 Å². The SMILES string of the molecule is C[C@H](c1ccnn1C)N1CC2(CCN(c3ncnc4sc(CC(F)(F)F)cc34)C2)C1. The lowest BCUT2D eigenvalue weighted by molar-refractivity contribution is -0.126. The van der Waals surface area contributed by atoms with Crippen LogP contribution in [0.3, 0.4) is 0 Å². The van der Waals surface area contributed by atoms with Crippen LogP contribution in [0.15, 0.2) is 24.7 Å². The van der Waals surface area contributed by atoms with Gasteiger partial charge in [0.2, 0.25) is 0 Å². The van der Waals surface area contributed by atoms with Gasteiger partial charge in [0.15, 0.2) is 0 Å². The van der Waals surface area contributed by atoms with Crippen molar-refractivity contribution in [1.29, 1.82) is 0 Å². The maximum atomic E-state index is 12.8. The van der Waals surface area contributed by atoms with Gasteiger partial charge < -0.3 is 4.90 Å². The first kappa shape index (κ1) is 19.7. The fourth-order valence-corrected chi connectivity index (χ4v) is 5.89. The Kier molecular flexibility index (Phi) is 4.55. The van der Waals surface area contributed by atoms with Crippen LogP contribution in [0.4, 0.5) is 19.0 Å². The number of rotatable bonds is 4. The van der Waals surface area contributed by atoms with Crippen LogP contribution in [-0.4, -0.2) is 57.0 Å². The summed E-state index contributed by atoms with van der Waals surface area (Å²) in [5.41, 5.74) is 1.42. The van der Waals surface area contributed by atoms with E-state index in [1.807, 2.05) is 17.9 Å². The highest BCUT2D eigenvalue weighted by Crippen LogP contribution is 2.45. The Morgan fingerprint density at radius 2 is 2.03 bits per heavy atom. The molecule has 0 radical (unpaired) electrons. The van der Waals surface area contributed by atoms with E-state index in [0.29, 0.717) is 10.9 Å². The van der Waals surface area contributed by atoms with Crippen molar-refractivity contribution in [2.24, 2.45) is 12.5 Å². The zero-order valence-electron chi connectivity index (χ0n) is 16.9. The number of likely N-dealkylation sites (tertiary alicyclic amines) is 1. The van der Waals surface area contributed by atoms with Crippen LogP contribution in [0.5, 0.6) is 0 Å². The molecule has 5 heterocycles. The predicted molar refractivity (Wildman–Crippen MR) is 110 cm³/mol. The highest BCUT2D eigenvalue weighted by atomic mass is 32.1. The number of alkyl halides is 3. The monoisotopic (exact) mass is 436 g/mol. The first-order chi connectivity index (χ1) is 14.2. The molecule has 2 aliphatic rings. The number of anilines is 1. The summed E-state index contributed by atoms with van der Waals surface area (Å²) >= 11 is 1.11. The van der Waals surface area contributed by atoms with Crippen LogP contribution in [0.1, 0.15) is 30.0 Å². The summed E-state index contributed by atoms with van der Waals surface area (Å²) < 4.78 is 40.3. The van der Waals surface area contributed by atoms with Crippen molar-refractivity contribution in [3.8, 4) is 0 Å². The first-order valence-corrected chi connectivity index (χ1v) is 10.8. The quantitative estimate of drug-likeness (QED) is 0.623. The molecule has 30 heavy (non-hydrogen) atoms. The van der Waals surface area contributed by atoms with Gasteiger partial charge in [-0.25, -0.2) is 9.97 Å². The smallest absolute Gasteiger partial charge is 0.355 e. The minimum absolute atomic E-state index is 0.217. The number of thiophene rings is 1. The molecule has 1 spiro atoms. The van der Waals surface area contributed by atoms with Crippen molar-refractivity contribution in [3.63, 3.8) is 0 Å². The van der Waals surface area contributed by atoms with Crippen LogP contribution in [0.2, 0.25) is 0 Å². The molecule has 0 aliphatic carbocycles. The maximum absolute atomic E-state index is 12.8.